The Morgan fingerprint density at radius 3 is 2.35 bits per heavy atom. The van der Waals surface area contributed by atoms with E-state index in [1.807, 2.05) is 0 Å². The molecule has 0 heterocycles. The first kappa shape index (κ1) is 13.7. The lowest BCUT2D eigenvalue weighted by molar-refractivity contribution is 0.425. The number of hydrogen-bond donors (Lipinski definition) is 1. The van der Waals surface area contributed by atoms with Crippen molar-refractivity contribution in [3.63, 3.8) is 0 Å². The molecule has 0 radical (unpaired) electrons. The van der Waals surface area contributed by atoms with Gasteiger partial charge in [0.15, 0.2) is 0 Å². The highest BCUT2D eigenvalue weighted by molar-refractivity contribution is 7.86. The summed E-state index contributed by atoms with van der Waals surface area (Å²) < 4.78 is 43.1. The largest absolute Gasteiger partial charge is 0.285 e. The molecule has 1 rings (SSSR count). The Morgan fingerprint density at radius 2 is 1.94 bits per heavy atom. The van der Waals surface area contributed by atoms with E-state index >= 15 is 0 Å². The molecule has 0 amide bonds. The molecule has 1 unspecified atom stereocenters. The zero-order valence-corrected chi connectivity index (χ0v) is 9.95. The predicted octanol–water partition coefficient (Wildman–Crippen LogP) is 1.83. The first-order chi connectivity index (χ1) is 7.97. The minimum Gasteiger partial charge on any atom is -0.285 e. The Balaban J connectivity index is 2.83. The second-order valence-corrected chi connectivity index (χ2v) is 5.36. The van der Waals surface area contributed by atoms with Crippen LogP contribution in [0.3, 0.4) is 0 Å². The normalized spacial score (nSPS) is 13.0. The Kier molecular flexibility index (Phi) is 4.67. The van der Waals surface area contributed by atoms with Crippen LogP contribution in [0.15, 0.2) is 24.3 Å². The van der Waals surface area contributed by atoms with Crippen LogP contribution in [-0.2, 0) is 16.5 Å². The molecule has 0 spiro atoms. The minimum absolute atomic E-state index is 0.0770. The maximum atomic E-state index is 12.2. The topological polar surface area (TPSA) is 54.4 Å². The van der Waals surface area contributed by atoms with Crippen LogP contribution < -0.4 is 0 Å². The van der Waals surface area contributed by atoms with E-state index in [0.29, 0.717) is 11.1 Å². The van der Waals surface area contributed by atoms with Crippen LogP contribution in [0.5, 0.6) is 0 Å². The van der Waals surface area contributed by atoms with E-state index in [9.17, 15) is 12.8 Å². The van der Waals surface area contributed by atoms with E-state index in [1.54, 1.807) is 24.3 Å². The Hall–Kier alpha value is -1.38. The molecule has 1 aromatic carbocycles. The van der Waals surface area contributed by atoms with Gasteiger partial charge in [-0.3, -0.25) is 8.94 Å². The summed E-state index contributed by atoms with van der Waals surface area (Å²) in [4.78, 5) is 0. The second kappa shape index (κ2) is 5.80. The Labute approximate surface area is 100 Å². The molecule has 0 fully saturated rings. The van der Waals surface area contributed by atoms with Gasteiger partial charge in [0, 0.05) is 5.56 Å². The van der Waals surface area contributed by atoms with E-state index in [1.165, 1.54) is 0 Å². The highest BCUT2D eigenvalue weighted by Gasteiger charge is 2.22. The van der Waals surface area contributed by atoms with Gasteiger partial charge in [-0.15, -0.1) is 6.42 Å². The first-order valence-electron chi connectivity index (χ1n) is 5.05. The first-order valence-corrected chi connectivity index (χ1v) is 6.55. The van der Waals surface area contributed by atoms with Crippen LogP contribution in [0.2, 0.25) is 0 Å². The van der Waals surface area contributed by atoms with Gasteiger partial charge in [-0.05, 0) is 30.5 Å². The number of rotatable bonds is 5. The lowest BCUT2D eigenvalue weighted by atomic mass is 10.1. The molecule has 0 aliphatic heterocycles. The van der Waals surface area contributed by atoms with Crippen molar-refractivity contribution >= 4 is 10.1 Å². The van der Waals surface area contributed by atoms with Crippen molar-refractivity contribution in [3.8, 4) is 12.3 Å². The highest BCUT2D eigenvalue weighted by atomic mass is 32.2. The van der Waals surface area contributed by atoms with E-state index in [0.717, 1.165) is 0 Å². The summed E-state index contributed by atoms with van der Waals surface area (Å²) in [5.41, 5.74) is 1.38. The number of benzene rings is 1. The van der Waals surface area contributed by atoms with Gasteiger partial charge in [-0.1, -0.05) is 18.1 Å². The lowest BCUT2D eigenvalue weighted by Crippen LogP contribution is -2.23. The van der Waals surface area contributed by atoms with Crippen LogP contribution in [0.4, 0.5) is 4.39 Å². The number of terminal acetylenes is 1. The average molecular weight is 255 g/mol. The van der Waals surface area contributed by atoms with Gasteiger partial charge in [-0.2, -0.15) is 8.42 Å². The van der Waals surface area contributed by atoms with E-state index < -0.39 is 22.0 Å². The molecule has 92 valence electrons. The molecule has 1 N–H and O–H groups in total. The standard InChI is InChI=1S/C12H13FO3S/c1-2-10-3-5-11(6-4-10)9-12(7-8-13)17(14,15)16/h1,3-6,12H,7-9H2,(H,14,15,16)/i13-1. The molecule has 1 aromatic rings. The van der Waals surface area contributed by atoms with Gasteiger partial charge in [0.05, 0.1) is 11.9 Å². The van der Waals surface area contributed by atoms with Crippen LogP contribution in [0.1, 0.15) is 17.5 Å². The number of halogens is 1. The third-order valence-corrected chi connectivity index (χ3v) is 3.68. The summed E-state index contributed by atoms with van der Waals surface area (Å²) in [5.74, 6) is 2.44. The molecule has 0 saturated carbocycles. The average Bonchev–Trinajstić information content (AvgIpc) is 2.28. The molecular weight excluding hydrogens is 242 g/mol. The van der Waals surface area contributed by atoms with Gasteiger partial charge in [0.1, 0.15) is 0 Å². The van der Waals surface area contributed by atoms with Crippen LogP contribution in [0.25, 0.3) is 0 Å². The summed E-state index contributed by atoms with van der Waals surface area (Å²) in [5, 5.41) is -1.11. The van der Waals surface area contributed by atoms with Crippen molar-refractivity contribution in [2.75, 3.05) is 6.67 Å². The molecule has 3 nitrogen and oxygen atoms in total. The maximum Gasteiger partial charge on any atom is 0.268 e. The molecule has 0 aliphatic rings. The predicted molar refractivity (Wildman–Crippen MR) is 64.0 cm³/mol. The Morgan fingerprint density at radius 1 is 1.35 bits per heavy atom. The molecule has 0 bridgehead atoms. The second-order valence-electron chi connectivity index (χ2n) is 3.66. The monoisotopic (exact) mass is 255 g/mol. The molecule has 0 saturated heterocycles. The quantitative estimate of drug-likeness (QED) is 0.645. The van der Waals surface area contributed by atoms with Crippen LogP contribution >= 0.6 is 0 Å². The van der Waals surface area contributed by atoms with Crippen molar-refractivity contribution in [1.29, 1.82) is 0 Å². The van der Waals surface area contributed by atoms with Gasteiger partial charge >= 0.3 is 0 Å². The van der Waals surface area contributed by atoms with Gasteiger partial charge in [0.25, 0.3) is 10.1 Å². The fourth-order valence-electron chi connectivity index (χ4n) is 1.48. The molecule has 5 heteroatoms. The fraction of sp³-hybridized carbons (Fsp3) is 0.333. The van der Waals surface area contributed by atoms with Gasteiger partial charge < -0.3 is 0 Å². The third-order valence-electron chi connectivity index (χ3n) is 2.44. The zero-order valence-electron chi connectivity index (χ0n) is 9.14. The van der Waals surface area contributed by atoms with Crippen molar-refractivity contribution in [2.24, 2.45) is 0 Å². The highest BCUT2D eigenvalue weighted by Crippen LogP contribution is 2.13. The van der Waals surface area contributed by atoms with E-state index in [4.69, 9.17) is 11.0 Å². The smallest absolute Gasteiger partial charge is 0.268 e. The summed E-state index contributed by atoms with van der Waals surface area (Å²) >= 11 is 0. The van der Waals surface area contributed by atoms with E-state index in [2.05, 4.69) is 5.92 Å². The molecule has 1 atom stereocenters. The summed E-state index contributed by atoms with van der Waals surface area (Å²) in [6.07, 6.45) is 5.05. The SMILES string of the molecule is C#Cc1ccc(CC(CC[18F])S(=O)(=O)O)cc1. The zero-order chi connectivity index (χ0) is 12.9. The number of hydrogen-bond acceptors (Lipinski definition) is 2. The van der Waals surface area contributed by atoms with Crippen molar-refractivity contribution in [3.05, 3.63) is 35.4 Å². The summed E-state index contributed by atoms with van der Waals surface area (Å²) in [6.45, 7) is -0.785. The van der Waals surface area contributed by atoms with E-state index in [-0.39, 0.29) is 12.8 Å². The maximum absolute atomic E-state index is 12.2. The summed E-state index contributed by atoms with van der Waals surface area (Å²) in [7, 11) is -4.22. The molecule has 0 aromatic heterocycles. The molecule has 17 heavy (non-hydrogen) atoms. The van der Waals surface area contributed by atoms with Crippen molar-refractivity contribution in [1.82, 2.24) is 0 Å². The van der Waals surface area contributed by atoms with Crippen LogP contribution in [0, 0.1) is 12.3 Å². The molecule has 0 aliphatic carbocycles. The minimum atomic E-state index is -4.22. The van der Waals surface area contributed by atoms with Gasteiger partial charge in [0.2, 0.25) is 0 Å². The fourth-order valence-corrected chi connectivity index (χ4v) is 2.27. The summed E-state index contributed by atoms with van der Waals surface area (Å²) in [6, 6.07) is 6.69. The Bertz CT molecular complexity index is 500. The van der Waals surface area contributed by atoms with Crippen molar-refractivity contribution < 1.29 is 17.4 Å². The van der Waals surface area contributed by atoms with Crippen molar-refractivity contribution in [2.45, 2.75) is 18.1 Å². The number of alkyl halides is 1. The molecular formula is C12H13FO3S. The third kappa shape index (κ3) is 4.17. The van der Waals surface area contributed by atoms with Gasteiger partial charge in [-0.25, -0.2) is 0 Å². The van der Waals surface area contributed by atoms with Crippen LogP contribution in [-0.4, -0.2) is 24.9 Å². The lowest BCUT2D eigenvalue weighted by Gasteiger charge is -2.11.